The molecule has 1 aromatic carbocycles. The van der Waals surface area contributed by atoms with Crippen LogP contribution < -0.4 is 9.62 Å². The van der Waals surface area contributed by atoms with Gasteiger partial charge in [-0.1, -0.05) is 24.6 Å². The van der Waals surface area contributed by atoms with Crippen molar-refractivity contribution < 1.29 is 13.2 Å². The van der Waals surface area contributed by atoms with Crippen molar-refractivity contribution in [1.29, 1.82) is 5.26 Å². The molecule has 0 saturated carbocycles. The number of carbonyl (C=O) groups excluding carboxylic acids is 1. The van der Waals surface area contributed by atoms with Crippen LogP contribution in [0.5, 0.6) is 0 Å². The molecule has 0 saturated heterocycles. The van der Waals surface area contributed by atoms with E-state index in [1.54, 1.807) is 37.4 Å². The van der Waals surface area contributed by atoms with E-state index in [1.165, 1.54) is 11.3 Å². The van der Waals surface area contributed by atoms with E-state index in [2.05, 4.69) is 16.0 Å². The highest BCUT2D eigenvalue weighted by molar-refractivity contribution is 7.89. The molecule has 2 rings (SSSR count). The Kier molecular flexibility index (Phi) is 8.74. The number of aromatic nitrogens is 1. The average Bonchev–Trinajstić information content (AvgIpc) is 3.08. The first-order valence-electron chi connectivity index (χ1n) is 9.27. The van der Waals surface area contributed by atoms with Crippen molar-refractivity contribution in [3.8, 4) is 6.07 Å². The minimum atomic E-state index is -3.71. The van der Waals surface area contributed by atoms with Gasteiger partial charge in [0.05, 0.1) is 29.5 Å². The van der Waals surface area contributed by atoms with Crippen molar-refractivity contribution in [2.75, 3.05) is 24.2 Å². The summed E-state index contributed by atoms with van der Waals surface area (Å²) in [5.41, 5.74) is 1.32. The molecular weight excluding hydrogens is 458 g/mol. The monoisotopic (exact) mass is 479 g/mol. The molecule has 1 heterocycles. The summed E-state index contributed by atoms with van der Waals surface area (Å²) >= 11 is 7.30. The summed E-state index contributed by atoms with van der Waals surface area (Å²) in [6, 6.07) is 9.00. The maximum atomic E-state index is 12.3. The second-order valence-electron chi connectivity index (χ2n) is 6.45. The molecule has 0 radical (unpaired) electrons. The molecule has 31 heavy (non-hydrogen) atoms. The third kappa shape index (κ3) is 7.47. The number of rotatable bonds is 9. The van der Waals surface area contributed by atoms with Gasteiger partial charge < -0.3 is 4.90 Å². The Bertz CT molecular complexity index is 1130. The van der Waals surface area contributed by atoms with Crippen molar-refractivity contribution in [1.82, 2.24) is 9.71 Å². The van der Waals surface area contributed by atoms with Gasteiger partial charge in [-0.2, -0.15) is 5.26 Å². The SMILES string of the molecule is CC/C=C(/Cl)C=NCCN(c1ccc(C#N)cc1)c1nc(C(=O)NS(C)(=O)=O)c(C)s1. The van der Waals surface area contributed by atoms with Gasteiger partial charge in [0, 0.05) is 23.3 Å². The molecule has 1 N–H and O–H groups in total. The Morgan fingerprint density at radius 2 is 2.06 bits per heavy atom. The lowest BCUT2D eigenvalue weighted by Gasteiger charge is -2.21. The molecule has 8 nitrogen and oxygen atoms in total. The van der Waals surface area contributed by atoms with Gasteiger partial charge in [-0.3, -0.25) is 9.79 Å². The van der Waals surface area contributed by atoms with Gasteiger partial charge in [0.25, 0.3) is 5.91 Å². The van der Waals surface area contributed by atoms with Gasteiger partial charge in [0.1, 0.15) is 5.69 Å². The van der Waals surface area contributed by atoms with Crippen molar-refractivity contribution in [2.45, 2.75) is 20.3 Å². The van der Waals surface area contributed by atoms with Crippen LogP contribution in [-0.4, -0.2) is 44.9 Å². The van der Waals surface area contributed by atoms with Gasteiger partial charge in [0.15, 0.2) is 5.13 Å². The molecule has 0 spiro atoms. The van der Waals surface area contributed by atoms with Gasteiger partial charge in [-0.25, -0.2) is 18.1 Å². The van der Waals surface area contributed by atoms with Crippen molar-refractivity contribution in [3.05, 3.63) is 51.5 Å². The topological polar surface area (TPSA) is 116 Å². The molecule has 1 amide bonds. The molecule has 0 fully saturated rings. The van der Waals surface area contributed by atoms with E-state index >= 15 is 0 Å². The number of nitriles is 1. The number of nitrogens with one attached hydrogen (secondary N) is 1. The van der Waals surface area contributed by atoms with Gasteiger partial charge >= 0.3 is 0 Å². The van der Waals surface area contributed by atoms with Crippen LogP contribution in [0.2, 0.25) is 0 Å². The zero-order valence-electron chi connectivity index (χ0n) is 17.3. The number of benzene rings is 1. The van der Waals surface area contributed by atoms with Crippen LogP contribution in [0.4, 0.5) is 10.8 Å². The summed E-state index contributed by atoms with van der Waals surface area (Å²) in [6.07, 6.45) is 5.14. The van der Waals surface area contributed by atoms with Crippen LogP contribution >= 0.6 is 22.9 Å². The standard InChI is InChI=1S/C20H22ClN5O3S2/c1-4-5-16(21)13-23-10-11-26(17-8-6-15(12-22)7-9-17)20-24-18(14(2)30-20)19(27)25-31(3,28)29/h5-9,13H,4,10-11H2,1-3H3,(H,25,27)/b16-5+,23-13?. The van der Waals surface area contributed by atoms with Crippen LogP contribution in [0.15, 0.2) is 40.4 Å². The Morgan fingerprint density at radius 1 is 1.39 bits per heavy atom. The predicted octanol–water partition coefficient (Wildman–Crippen LogP) is 3.75. The number of hydrogen-bond acceptors (Lipinski definition) is 8. The fourth-order valence-electron chi connectivity index (χ4n) is 2.53. The van der Waals surface area contributed by atoms with Crippen LogP contribution in [0, 0.1) is 18.3 Å². The maximum Gasteiger partial charge on any atom is 0.284 e. The molecule has 0 aliphatic rings. The Morgan fingerprint density at radius 3 is 2.65 bits per heavy atom. The highest BCUT2D eigenvalue weighted by Crippen LogP contribution is 2.31. The second-order valence-corrected chi connectivity index (χ2v) is 9.81. The number of hydrogen-bond donors (Lipinski definition) is 1. The number of sulfonamides is 1. The minimum absolute atomic E-state index is 0.0431. The maximum absolute atomic E-state index is 12.3. The zero-order chi connectivity index (χ0) is 23.0. The summed E-state index contributed by atoms with van der Waals surface area (Å²) in [6.45, 7) is 4.50. The fourth-order valence-corrected chi connectivity index (χ4v) is 4.14. The van der Waals surface area contributed by atoms with Crippen molar-refractivity contribution >= 4 is 55.9 Å². The van der Waals surface area contributed by atoms with E-state index in [4.69, 9.17) is 16.9 Å². The van der Waals surface area contributed by atoms with Gasteiger partial charge in [-0.05, 0) is 37.6 Å². The van der Waals surface area contributed by atoms with Crippen LogP contribution in [-0.2, 0) is 10.0 Å². The van der Waals surface area contributed by atoms with E-state index in [9.17, 15) is 13.2 Å². The normalized spacial score (nSPS) is 12.0. The number of nitrogens with zero attached hydrogens (tertiary/aromatic N) is 4. The van der Waals surface area contributed by atoms with Gasteiger partial charge in [0.2, 0.25) is 10.0 Å². The Labute approximate surface area is 190 Å². The lowest BCUT2D eigenvalue weighted by molar-refractivity contribution is 0.0977. The molecule has 11 heteroatoms. The number of amides is 1. The van der Waals surface area contributed by atoms with E-state index in [0.717, 1.165) is 18.4 Å². The minimum Gasteiger partial charge on any atom is -0.316 e. The van der Waals surface area contributed by atoms with E-state index in [0.29, 0.717) is 33.7 Å². The molecule has 0 atom stereocenters. The summed E-state index contributed by atoms with van der Waals surface area (Å²) in [4.78, 5) is 23.4. The van der Waals surface area contributed by atoms with Crippen molar-refractivity contribution in [2.24, 2.45) is 4.99 Å². The largest absolute Gasteiger partial charge is 0.316 e. The Balaban J connectivity index is 2.34. The predicted molar refractivity (Wildman–Crippen MR) is 125 cm³/mol. The zero-order valence-corrected chi connectivity index (χ0v) is 19.7. The molecule has 0 aliphatic heterocycles. The van der Waals surface area contributed by atoms with E-state index in [-0.39, 0.29) is 5.69 Å². The summed E-state index contributed by atoms with van der Waals surface area (Å²) < 4.78 is 24.7. The highest BCUT2D eigenvalue weighted by Gasteiger charge is 2.22. The molecule has 0 unspecified atom stereocenters. The number of thiazole rings is 1. The average molecular weight is 480 g/mol. The molecule has 0 bridgehead atoms. The number of anilines is 2. The van der Waals surface area contributed by atoms with E-state index < -0.39 is 15.9 Å². The summed E-state index contributed by atoms with van der Waals surface area (Å²) in [5.74, 6) is -0.781. The third-order valence-electron chi connectivity index (χ3n) is 3.88. The Hall–Kier alpha value is -2.74. The van der Waals surface area contributed by atoms with E-state index in [1.807, 2.05) is 22.6 Å². The van der Waals surface area contributed by atoms with Crippen LogP contribution in [0.25, 0.3) is 0 Å². The molecule has 1 aromatic heterocycles. The summed E-state index contributed by atoms with van der Waals surface area (Å²) in [5, 5.41) is 10.1. The summed E-state index contributed by atoms with van der Waals surface area (Å²) in [7, 11) is -3.71. The quantitative estimate of drug-likeness (QED) is 0.547. The number of allylic oxidation sites excluding steroid dienone is 2. The van der Waals surface area contributed by atoms with Crippen LogP contribution in [0.1, 0.15) is 34.3 Å². The number of aryl methyl sites for hydroxylation is 1. The number of halogens is 1. The first-order chi connectivity index (χ1) is 14.6. The smallest absolute Gasteiger partial charge is 0.284 e. The number of aliphatic imine (C=N–C) groups is 1. The van der Waals surface area contributed by atoms with Gasteiger partial charge in [-0.15, -0.1) is 11.3 Å². The molecular formula is C20H22ClN5O3S2. The molecule has 0 aliphatic carbocycles. The highest BCUT2D eigenvalue weighted by atomic mass is 35.5. The van der Waals surface area contributed by atoms with Crippen LogP contribution in [0.3, 0.4) is 0 Å². The lowest BCUT2D eigenvalue weighted by atomic mass is 10.2. The van der Waals surface area contributed by atoms with Crippen molar-refractivity contribution in [3.63, 3.8) is 0 Å². The first kappa shape index (κ1) is 24.5. The number of carbonyl (C=O) groups is 1. The lowest BCUT2D eigenvalue weighted by Crippen LogP contribution is -2.30. The molecule has 164 valence electrons. The third-order valence-corrected chi connectivity index (χ3v) is 5.69. The fraction of sp³-hybridized carbons (Fsp3) is 0.300. The first-order valence-corrected chi connectivity index (χ1v) is 12.4. The molecule has 2 aromatic rings. The second kappa shape index (κ2) is 11.0.